The summed E-state index contributed by atoms with van der Waals surface area (Å²) in [5.41, 5.74) is 1.22. The van der Waals surface area contributed by atoms with Crippen molar-refractivity contribution in [2.45, 2.75) is 12.3 Å². The fourth-order valence-electron chi connectivity index (χ4n) is 2.16. The van der Waals surface area contributed by atoms with Crippen LogP contribution in [-0.2, 0) is 14.9 Å². The summed E-state index contributed by atoms with van der Waals surface area (Å²) in [7, 11) is 3.21. The van der Waals surface area contributed by atoms with E-state index in [0.717, 1.165) is 23.2 Å². The van der Waals surface area contributed by atoms with E-state index in [1.807, 2.05) is 19.1 Å². The van der Waals surface area contributed by atoms with Gasteiger partial charge in [0.15, 0.2) is 0 Å². The Balaban J connectivity index is 2.54. The Morgan fingerprint density at radius 2 is 2.00 bits per heavy atom. The van der Waals surface area contributed by atoms with Crippen molar-refractivity contribution in [1.82, 2.24) is 0 Å². The summed E-state index contributed by atoms with van der Waals surface area (Å²) in [4.78, 5) is 11.3. The number of ether oxygens (including phenoxy) is 3. The summed E-state index contributed by atoms with van der Waals surface area (Å²) in [6.45, 7) is 2.75. The van der Waals surface area contributed by atoms with E-state index < -0.39 is 5.41 Å². The number of rotatable bonds is 4. The van der Waals surface area contributed by atoms with E-state index in [2.05, 4.69) is 0 Å². The molecule has 92 valence electrons. The molecule has 1 aliphatic heterocycles. The van der Waals surface area contributed by atoms with Crippen LogP contribution in [-0.4, -0.2) is 33.7 Å². The SMILES string of the molecule is COc1ccc(C2(C=O)COC2)c(OC)c1C. The molecular weight excluding hydrogens is 220 g/mol. The Bertz CT molecular complexity index is 435. The Hall–Kier alpha value is -1.55. The topological polar surface area (TPSA) is 44.8 Å². The van der Waals surface area contributed by atoms with Crippen LogP contribution in [0.2, 0.25) is 0 Å². The van der Waals surface area contributed by atoms with Crippen molar-refractivity contribution in [3.63, 3.8) is 0 Å². The summed E-state index contributed by atoms with van der Waals surface area (Å²) in [5.74, 6) is 1.46. The number of aldehydes is 1. The third-order valence-electron chi connectivity index (χ3n) is 3.26. The zero-order chi connectivity index (χ0) is 12.5. The predicted molar refractivity (Wildman–Crippen MR) is 62.8 cm³/mol. The first kappa shape index (κ1) is 11.9. The number of hydrogen-bond donors (Lipinski definition) is 0. The first-order valence-corrected chi connectivity index (χ1v) is 5.44. The molecule has 1 saturated heterocycles. The predicted octanol–water partition coefficient (Wildman–Crippen LogP) is 1.48. The molecule has 17 heavy (non-hydrogen) atoms. The Kier molecular flexibility index (Phi) is 3.07. The van der Waals surface area contributed by atoms with Gasteiger partial charge in [0.2, 0.25) is 0 Å². The minimum atomic E-state index is -0.553. The number of carbonyl (C=O) groups excluding carboxylic acids is 1. The average molecular weight is 236 g/mol. The maximum absolute atomic E-state index is 11.3. The van der Waals surface area contributed by atoms with Gasteiger partial charge in [-0.1, -0.05) is 6.07 Å². The quantitative estimate of drug-likeness (QED) is 0.743. The van der Waals surface area contributed by atoms with Crippen molar-refractivity contribution in [3.05, 3.63) is 23.3 Å². The van der Waals surface area contributed by atoms with Gasteiger partial charge in [-0.15, -0.1) is 0 Å². The number of carbonyl (C=O) groups is 1. The number of benzene rings is 1. The molecule has 0 saturated carbocycles. The molecule has 1 heterocycles. The fraction of sp³-hybridized carbons (Fsp3) is 0.462. The standard InChI is InChI=1S/C13H16O4/c1-9-11(15-2)5-4-10(12(9)16-3)13(6-14)7-17-8-13/h4-6H,7-8H2,1-3H3. The van der Waals surface area contributed by atoms with Crippen LogP contribution in [0.3, 0.4) is 0 Å². The molecule has 1 aromatic carbocycles. The molecule has 4 heteroatoms. The largest absolute Gasteiger partial charge is 0.496 e. The second-order valence-corrected chi connectivity index (χ2v) is 4.24. The van der Waals surface area contributed by atoms with E-state index in [9.17, 15) is 4.79 Å². The van der Waals surface area contributed by atoms with Crippen LogP contribution in [0.4, 0.5) is 0 Å². The molecule has 4 nitrogen and oxygen atoms in total. The molecule has 2 rings (SSSR count). The van der Waals surface area contributed by atoms with E-state index in [1.165, 1.54) is 0 Å². The van der Waals surface area contributed by atoms with Crippen molar-refractivity contribution >= 4 is 6.29 Å². The van der Waals surface area contributed by atoms with Crippen LogP contribution in [0.15, 0.2) is 12.1 Å². The van der Waals surface area contributed by atoms with E-state index in [1.54, 1.807) is 14.2 Å². The summed E-state index contributed by atoms with van der Waals surface area (Å²) >= 11 is 0. The molecular formula is C13H16O4. The van der Waals surface area contributed by atoms with Gasteiger partial charge in [-0.2, -0.15) is 0 Å². The lowest BCUT2D eigenvalue weighted by atomic mass is 9.79. The molecule has 0 radical (unpaired) electrons. The van der Waals surface area contributed by atoms with Crippen molar-refractivity contribution < 1.29 is 19.0 Å². The molecule has 0 aliphatic carbocycles. The van der Waals surface area contributed by atoms with Crippen LogP contribution in [0.5, 0.6) is 11.5 Å². The fourth-order valence-corrected chi connectivity index (χ4v) is 2.16. The van der Waals surface area contributed by atoms with Crippen LogP contribution in [0.25, 0.3) is 0 Å². The highest BCUT2D eigenvalue weighted by Gasteiger charge is 2.43. The van der Waals surface area contributed by atoms with Gasteiger partial charge in [-0.25, -0.2) is 0 Å². The van der Waals surface area contributed by atoms with Gasteiger partial charge in [0, 0.05) is 11.1 Å². The zero-order valence-electron chi connectivity index (χ0n) is 10.3. The second-order valence-electron chi connectivity index (χ2n) is 4.24. The van der Waals surface area contributed by atoms with E-state index in [0.29, 0.717) is 19.0 Å². The molecule has 0 aromatic heterocycles. The first-order chi connectivity index (χ1) is 8.18. The van der Waals surface area contributed by atoms with Gasteiger partial charge in [0.1, 0.15) is 23.2 Å². The van der Waals surface area contributed by atoms with Crippen molar-refractivity contribution in [3.8, 4) is 11.5 Å². The van der Waals surface area contributed by atoms with Gasteiger partial charge in [-0.05, 0) is 13.0 Å². The molecule has 0 bridgehead atoms. The van der Waals surface area contributed by atoms with Gasteiger partial charge in [-0.3, -0.25) is 0 Å². The lowest BCUT2D eigenvalue weighted by Gasteiger charge is -2.38. The molecule has 1 fully saturated rings. The Morgan fingerprint density at radius 1 is 1.29 bits per heavy atom. The third kappa shape index (κ3) is 1.69. The van der Waals surface area contributed by atoms with Crippen LogP contribution < -0.4 is 9.47 Å². The highest BCUT2D eigenvalue weighted by atomic mass is 16.5. The first-order valence-electron chi connectivity index (χ1n) is 5.44. The Morgan fingerprint density at radius 3 is 2.41 bits per heavy atom. The normalized spacial score (nSPS) is 17.1. The summed E-state index contributed by atoms with van der Waals surface area (Å²) < 4.78 is 15.8. The molecule has 0 spiro atoms. The van der Waals surface area contributed by atoms with Crippen LogP contribution in [0.1, 0.15) is 11.1 Å². The van der Waals surface area contributed by atoms with Gasteiger partial charge in [0.05, 0.1) is 27.4 Å². The average Bonchev–Trinajstić information content (AvgIpc) is 2.29. The highest BCUT2D eigenvalue weighted by Crippen LogP contribution is 2.41. The van der Waals surface area contributed by atoms with Gasteiger partial charge < -0.3 is 19.0 Å². The Labute approximate surface area is 100 Å². The molecule has 0 unspecified atom stereocenters. The van der Waals surface area contributed by atoms with Gasteiger partial charge >= 0.3 is 0 Å². The highest BCUT2D eigenvalue weighted by molar-refractivity contribution is 5.73. The van der Waals surface area contributed by atoms with E-state index in [-0.39, 0.29) is 0 Å². The van der Waals surface area contributed by atoms with Gasteiger partial charge in [0.25, 0.3) is 0 Å². The number of methoxy groups -OCH3 is 2. The van der Waals surface area contributed by atoms with Crippen LogP contribution >= 0.6 is 0 Å². The molecule has 0 amide bonds. The van der Waals surface area contributed by atoms with Crippen molar-refractivity contribution in [2.24, 2.45) is 0 Å². The van der Waals surface area contributed by atoms with E-state index in [4.69, 9.17) is 14.2 Å². The minimum Gasteiger partial charge on any atom is -0.496 e. The van der Waals surface area contributed by atoms with Crippen molar-refractivity contribution in [2.75, 3.05) is 27.4 Å². The maximum atomic E-state index is 11.3. The van der Waals surface area contributed by atoms with E-state index >= 15 is 0 Å². The van der Waals surface area contributed by atoms with Crippen molar-refractivity contribution in [1.29, 1.82) is 0 Å². The zero-order valence-corrected chi connectivity index (χ0v) is 10.3. The third-order valence-corrected chi connectivity index (χ3v) is 3.26. The molecule has 1 aromatic rings. The monoisotopic (exact) mass is 236 g/mol. The lowest BCUT2D eigenvalue weighted by molar-refractivity contribution is -0.130. The summed E-state index contributed by atoms with van der Waals surface area (Å²) in [6, 6.07) is 3.73. The summed E-state index contributed by atoms with van der Waals surface area (Å²) in [5, 5.41) is 0. The molecule has 0 atom stereocenters. The van der Waals surface area contributed by atoms with Crippen LogP contribution in [0, 0.1) is 6.92 Å². The minimum absolute atomic E-state index is 0.415. The molecule has 0 N–H and O–H groups in total. The maximum Gasteiger partial charge on any atom is 0.135 e. The smallest absolute Gasteiger partial charge is 0.135 e. The summed E-state index contributed by atoms with van der Waals surface area (Å²) in [6.07, 6.45) is 0.945. The lowest BCUT2D eigenvalue weighted by Crippen LogP contribution is -2.48. The second kappa shape index (κ2) is 4.37. The molecule has 1 aliphatic rings. The number of hydrogen-bond acceptors (Lipinski definition) is 4.